The molecule has 0 radical (unpaired) electrons. The minimum atomic E-state index is 0.583. The summed E-state index contributed by atoms with van der Waals surface area (Å²) in [6, 6.07) is 0. The molecule has 0 bridgehead atoms. The van der Waals surface area contributed by atoms with Crippen LogP contribution in [0.15, 0.2) is 0 Å². The van der Waals surface area contributed by atoms with Gasteiger partial charge in [0.2, 0.25) is 0 Å². The van der Waals surface area contributed by atoms with Crippen LogP contribution in [-0.4, -0.2) is 12.7 Å². The van der Waals surface area contributed by atoms with Gasteiger partial charge >= 0.3 is 0 Å². The lowest BCUT2D eigenvalue weighted by atomic mass is 10.0. The average molecular weight is 142 g/mol. The Morgan fingerprint density at radius 3 is 1.20 bits per heavy atom. The molecule has 0 aromatic heterocycles. The van der Waals surface area contributed by atoms with Gasteiger partial charge in [0, 0.05) is 0 Å². The fourth-order valence-electron chi connectivity index (χ4n) is 1.16. The second-order valence-electron chi connectivity index (χ2n) is 3.27. The van der Waals surface area contributed by atoms with Gasteiger partial charge in [-0.3, -0.25) is 0 Å². The maximum Gasteiger partial charge on any atom is 0.0781 e. The van der Waals surface area contributed by atoms with E-state index >= 15 is 0 Å². The minimum absolute atomic E-state index is 0.583. The first-order valence-electron chi connectivity index (χ1n) is 4.51. The highest BCUT2D eigenvalue weighted by Gasteiger charge is 2.13. The molecule has 1 heteroatoms. The van der Waals surface area contributed by atoms with Crippen LogP contribution in [0.5, 0.6) is 0 Å². The first-order chi connectivity index (χ1) is 4.89. The van der Waals surface area contributed by atoms with Crippen LogP contribution in [0.25, 0.3) is 0 Å². The van der Waals surface area contributed by atoms with E-state index < -0.39 is 0 Å². The molecule has 60 valence electrons. The smallest absolute Gasteiger partial charge is 0.0781 e. The molecular formula is C9H18O. The van der Waals surface area contributed by atoms with E-state index in [1.807, 2.05) is 0 Å². The molecule has 0 N–H and O–H groups in total. The highest BCUT2D eigenvalue weighted by atomic mass is 16.6. The van der Waals surface area contributed by atoms with Crippen LogP contribution >= 0.6 is 0 Å². The molecule has 1 heterocycles. The number of epoxide rings is 1. The zero-order valence-corrected chi connectivity index (χ0v) is 6.94. The summed E-state index contributed by atoms with van der Waals surface area (Å²) in [6.07, 6.45) is 9.58. The zero-order chi connectivity index (χ0) is 7.23. The molecule has 1 aliphatic carbocycles. The Labute approximate surface area is 63.8 Å². The maximum atomic E-state index is 4.71. The van der Waals surface area contributed by atoms with Crippen molar-refractivity contribution in [3.63, 3.8) is 0 Å². The molecule has 0 spiro atoms. The van der Waals surface area contributed by atoms with Gasteiger partial charge in [0.05, 0.1) is 12.7 Å². The SMILES string of the molecule is C1CCCCC1.CC1CO1. The molecule has 1 nitrogen and oxygen atoms in total. The van der Waals surface area contributed by atoms with Crippen molar-refractivity contribution in [1.29, 1.82) is 0 Å². The normalized spacial score (nSPS) is 30.3. The number of rotatable bonds is 0. The van der Waals surface area contributed by atoms with E-state index in [-0.39, 0.29) is 0 Å². The topological polar surface area (TPSA) is 12.5 Å². The van der Waals surface area contributed by atoms with Crippen LogP contribution in [0.1, 0.15) is 45.4 Å². The Balaban J connectivity index is 0.000000108. The van der Waals surface area contributed by atoms with E-state index in [1.54, 1.807) is 0 Å². The fourth-order valence-corrected chi connectivity index (χ4v) is 1.16. The van der Waals surface area contributed by atoms with Crippen molar-refractivity contribution in [2.24, 2.45) is 0 Å². The van der Waals surface area contributed by atoms with Gasteiger partial charge in [0.15, 0.2) is 0 Å². The van der Waals surface area contributed by atoms with Gasteiger partial charge in [-0.1, -0.05) is 38.5 Å². The minimum Gasteiger partial charge on any atom is -0.373 e. The lowest BCUT2D eigenvalue weighted by molar-refractivity contribution is 0.423. The van der Waals surface area contributed by atoms with Crippen molar-refractivity contribution in [2.75, 3.05) is 6.61 Å². The van der Waals surface area contributed by atoms with Gasteiger partial charge in [0.25, 0.3) is 0 Å². The predicted molar refractivity (Wildman–Crippen MR) is 43.1 cm³/mol. The van der Waals surface area contributed by atoms with Gasteiger partial charge in [0.1, 0.15) is 0 Å². The van der Waals surface area contributed by atoms with Crippen LogP contribution in [-0.2, 0) is 4.74 Å². The molecule has 1 saturated carbocycles. The van der Waals surface area contributed by atoms with E-state index in [4.69, 9.17) is 4.74 Å². The van der Waals surface area contributed by atoms with E-state index in [2.05, 4.69) is 6.92 Å². The molecule has 2 fully saturated rings. The summed E-state index contributed by atoms with van der Waals surface area (Å²) in [5.41, 5.74) is 0. The van der Waals surface area contributed by atoms with Gasteiger partial charge in [-0.05, 0) is 6.92 Å². The van der Waals surface area contributed by atoms with Crippen molar-refractivity contribution >= 4 is 0 Å². The Bertz CT molecular complexity index is 61.3. The second kappa shape index (κ2) is 4.73. The molecule has 1 saturated heterocycles. The monoisotopic (exact) mass is 142 g/mol. The molecular weight excluding hydrogens is 124 g/mol. The van der Waals surface area contributed by atoms with E-state index in [9.17, 15) is 0 Å². The van der Waals surface area contributed by atoms with Crippen LogP contribution < -0.4 is 0 Å². The molecule has 0 aromatic carbocycles. The first-order valence-corrected chi connectivity index (χ1v) is 4.51. The van der Waals surface area contributed by atoms with E-state index in [0.29, 0.717) is 6.10 Å². The van der Waals surface area contributed by atoms with Crippen LogP contribution in [0.2, 0.25) is 0 Å². The van der Waals surface area contributed by atoms with E-state index in [1.165, 1.54) is 38.5 Å². The largest absolute Gasteiger partial charge is 0.373 e. The third-order valence-corrected chi connectivity index (χ3v) is 2.00. The van der Waals surface area contributed by atoms with Gasteiger partial charge in [-0.2, -0.15) is 0 Å². The second-order valence-corrected chi connectivity index (χ2v) is 3.27. The molecule has 0 aromatic rings. The van der Waals surface area contributed by atoms with Gasteiger partial charge in [-0.25, -0.2) is 0 Å². The fraction of sp³-hybridized carbons (Fsp3) is 1.00. The third-order valence-electron chi connectivity index (χ3n) is 2.00. The summed E-state index contributed by atoms with van der Waals surface area (Å²) >= 11 is 0. The molecule has 10 heavy (non-hydrogen) atoms. The van der Waals surface area contributed by atoms with Crippen LogP contribution in [0.4, 0.5) is 0 Å². The highest BCUT2D eigenvalue weighted by Crippen LogP contribution is 2.15. The molecule has 1 aliphatic heterocycles. The Morgan fingerprint density at radius 2 is 1.10 bits per heavy atom. The summed E-state index contributed by atoms with van der Waals surface area (Å²) in [6.45, 7) is 3.04. The summed E-state index contributed by atoms with van der Waals surface area (Å²) in [4.78, 5) is 0. The van der Waals surface area contributed by atoms with Crippen molar-refractivity contribution in [2.45, 2.75) is 51.6 Å². The van der Waals surface area contributed by atoms with Crippen molar-refractivity contribution in [1.82, 2.24) is 0 Å². The van der Waals surface area contributed by atoms with Crippen LogP contribution in [0.3, 0.4) is 0 Å². The third kappa shape index (κ3) is 4.80. The predicted octanol–water partition coefficient (Wildman–Crippen LogP) is 2.75. The zero-order valence-electron chi connectivity index (χ0n) is 6.94. The lowest BCUT2D eigenvalue weighted by Crippen LogP contribution is -1.85. The van der Waals surface area contributed by atoms with Crippen molar-refractivity contribution in [3.05, 3.63) is 0 Å². The molecule has 0 amide bonds. The summed E-state index contributed by atoms with van der Waals surface area (Å²) < 4.78 is 4.71. The van der Waals surface area contributed by atoms with Crippen molar-refractivity contribution in [3.8, 4) is 0 Å². The Kier molecular flexibility index (Phi) is 3.81. The lowest BCUT2D eigenvalue weighted by Gasteiger charge is -2.05. The Morgan fingerprint density at radius 1 is 0.900 bits per heavy atom. The summed E-state index contributed by atoms with van der Waals surface area (Å²) in [7, 11) is 0. The van der Waals surface area contributed by atoms with Crippen molar-refractivity contribution < 1.29 is 4.74 Å². The molecule has 2 aliphatic rings. The summed E-state index contributed by atoms with van der Waals surface area (Å²) in [5, 5.41) is 0. The molecule has 1 unspecified atom stereocenters. The highest BCUT2D eigenvalue weighted by molar-refractivity contribution is 4.58. The average Bonchev–Trinajstić information content (AvgIpc) is 2.77. The van der Waals surface area contributed by atoms with Crippen LogP contribution in [0, 0.1) is 0 Å². The first kappa shape index (κ1) is 8.06. The van der Waals surface area contributed by atoms with E-state index in [0.717, 1.165) is 6.61 Å². The summed E-state index contributed by atoms with van der Waals surface area (Å²) in [5.74, 6) is 0. The maximum absolute atomic E-state index is 4.71. The van der Waals surface area contributed by atoms with Gasteiger partial charge < -0.3 is 4.74 Å². The standard InChI is InChI=1S/C6H12.C3H6O/c1-2-4-6-5-3-1;1-3-2-4-3/h1-6H2;3H,2H2,1H3. The molecule has 1 atom stereocenters. The quantitative estimate of drug-likeness (QED) is 0.474. The van der Waals surface area contributed by atoms with Gasteiger partial charge in [-0.15, -0.1) is 0 Å². The Hall–Kier alpha value is -0.0400. The number of hydrogen-bond donors (Lipinski definition) is 0. The molecule has 2 rings (SSSR count). The number of ether oxygens (including phenoxy) is 1. The number of hydrogen-bond acceptors (Lipinski definition) is 1.